The smallest absolute Gasteiger partial charge is 0.306 e. The van der Waals surface area contributed by atoms with Gasteiger partial charge in [0.25, 0.3) is 0 Å². The van der Waals surface area contributed by atoms with Crippen molar-refractivity contribution >= 4 is 5.97 Å². The van der Waals surface area contributed by atoms with Crippen LogP contribution in [-0.4, -0.2) is 41.2 Å². The van der Waals surface area contributed by atoms with E-state index in [0.717, 1.165) is 13.0 Å². The molecule has 0 aliphatic rings. The van der Waals surface area contributed by atoms with Crippen molar-refractivity contribution in [3.63, 3.8) is 0 Å². The molecule has 96 valence electrons. The van der Waals surface area contributed by atoms with Gasteiger partial charge < -0.3 is 9.26 Å². The fourth-order valence-corrected chi connectivity index (χ4v) is 1.40. The molecule has 0 N–H and O–H groups in total. The molecule has 0 spiro atoms. The molecule has 0 fully saturated rings. The van der Waals surface area contributed by atoms with Crippen molar-refractivity contribution in [2.75, 3.05) is 20.2 Å². The zero-order chi connectivity index (χ0) is 12.7. The highest BCUT2D eigenvalue weighted by Crippen LogP contribution is 2.03. The summed E-state index contributed by atoms with van der Waals surface area (Å²) in [6, 6.07) is 0. The number of esters is 1. The lowest BCUT2D eigenvalue weighted by atomic mass is 10.3. The fraction of sp³-hybridized carbons (Fsp3) is 0.727. The van der Waals surface area contributed by atoms with Crippen LogP contribution in [0, 0.1) is 0 Å². The molecule has 0 bridgehead atoms. The first-order valence-electron chi connectivity index (χ1n) is 5.80. The molecule has 0 aromatic carbocycles. The van der Waals surface area contributed by atoms with E-state index in [-0.39, 0.29) is 5.97 Å². The van der Waals surface area contributed by atoms with E-state index >= 15 is 0 Å². The van der Waals surface area contributed by atoms with Crippen molar-refractivity contribution in [1.82, 2.24) is 15.0 Å². The van der Waals surface area contributed by atoms with Gasteiger partial charge in [-0.1, -0.05) is 19.0 Å². The number of hydrogen-bond donors (Lipinski definition) is 0. The molecule has 6 heteroatoms. The van der Waals surface area contributed by atoms with Crippen LogP contribution in [0.4, 0.5) is 0 Å². The highest BCUT2D eigenvalue weighted by molar-refractivity contribution is 5.69. The standard InChI is InChI=1S/C11H19N3O3/c1-4-10-12-9(13-17-10)8-14(5-2)7-6-11(15)16-3/h4-8H2,1-3H3. The minimum Gasteiger partial charge on any atom is -0.469 e. The van der Waals surface area contributed by atoms with Crippen LogP contribution in [0.25, 0.3) is 0 Å². The maximum absolute atomic E-state index is 11.0. The first kappa shape index (κ1) is 13.6. The van der Waals surface area contributed by atoms with Crippen molar-refractivity contribution in [1.29, 1.82) is 0 Å². The summed E-state index contributed by atoms with van der Waals surface area (Å²) in [4.78, 5) is 17.3. The molecule has 0 unspecified atom stereocenters. The van der Waals surface area contributed by atoms with E-state index in [1.807, 2.05) is 13.8 Å². The summed E-state index contributed by atoms with van der Waals surface area (Å²) in [6.07, 6.45) is 1.12. The predicted octanol–water partition coefficient (Wildman–Crippen LogP) is 1.02. The second-order valence-electron chi connectivity index (χ2n) is 3.65. The van der Waals surface area contributed by atoms with Crippen LogP contribution in [0.1, 0.15) is 32.0 Å². The molecule has 0 amide bonds. The van der Waals surface area contributed by atoms with Gasteiger partial charge in [-0.25, -0.2) is 0 Å². The zero-order valence-electron chi connectivity index (χ0n) is 10.6. The summed E-state index contributed by atoms with van der Waals surface area (Å²) < 4.78 is 9.63. The molecular weight excluding hydrogens is 222 g/mol. The van der Waals surface area contributed by atoms with E-state index in [4.69, 9.17) is 4.52 Å². The van der Waals surface area contributed by atoms with Gasteiger partial charge in [0, 0.05) is 13.0 Å². The van der Waals surface area contributed by atoms with E-state index in [9.17, 15) is 4.79 Å². The number of methoxy groups -OCH3 is 1. The SMILES string of the molecule is CCc1nc(CN(CC)CCC(=O)OC)no1. The number of rotatable bonds is 7. The lowest BCUT2D eigenvalue weighted by molar-refractivity contribution is -0.141. The van der Waals surface area contributed by atoms with Crippen molar-refractivity contribution in [3.8, 4) is 0 Å². The normalized spacial score (nSPS) is 10.8. The summed E-state index contributed by atoms with van der Waals surface area (Å²) in [6.45, 7) is 6.05. The van der Waals surface area contributed by atoms with Gasteiger partial charge in [-0.2, -0.15) is 4.98 Å². The van der Waals surface area contributed by atoms with Crippen molar-refractivity contribution < 1.29 is 14.1 Å². The average Bonchev–Trinajstić information content (AvgIpc) is 2.81. The van der Waals surface area contributed by atoms with Gasteiger partial charge in [0.1, 0.15) is 0 Å². The Morgan fingerprint density at radius 1 is 1.47 bits per heavy atom. The molecule has 1 rings (SSSR count). The van der Waals surface area contributed by atoms with Crippen LogP contribution in [0.2, 0.25) is 0 Å². The van der Waals surface area contributed by atoms with Crippen LogP contribution in [0.5, 0.6) is 0 Å². The summed E-state index contributed by atoms with van der Waals surface area (Å²) in [5.41, 5.74) is 0. The molecule has 0 atom stereocenters. The highest BCUT2D eigenvalue weighted by Gasteiger charge is 2.11. The fourth-order valence-electron chi connectivity index (χ4n) is 1.40. The quantitative estimate of drug-likeness (QED) is 0.664. The number of nitrogens with zero attached hydrogens (tertiary/aromatic N) is 3. The van der Waals surface area contributed by atoms with Gasteiger partial charge in [0.05, 0.1) is 20.1 Å². The van der Waals surface area contributed by atoms with Gasteiger partial charge in [0.2, 0.25) is 5.89 Å². The first-order valence-corrected chi connectivity index (χ1v) is 5.80. The molecule has 17 heavy (non-hydrogen) atoms. The van der Waals surface area contributed by atoms with Crippen LogP contribution < -0.4 is 0 Å². The lowest BCUT2D eigenvalue weighted by Gasteiger charge is -2.17. The molecule has 0 radical (unpaired) electrons. The number of carbonyl (C=O) groups is 1. The lowest BCUT2D eigenvalue weighted by Crippen LogP contribution is -2.26. The average molecular weight is 241 g/mol. The van der Waals surface area contributed by atoms with Crippen molar-refractivity contribution in [3.05, 3.63) is 11.7 Å². The van der Waals surface area contributed by atoms with E-state index in [2.05, 4.69) is 19.8 Å². The molecule has 0 aliphatic carbocycles. The van der Waals surface area contributed by atoms with Gasteiger partial charge in [0.15, 0.2) is 5.82 Å². The number of ether oxygens (including phenoxy) is 1. The van der Waals surface area contributed by atoms with E-state index in [1.165, 1.54) is 7.11 Å². The topological polar surface area (TPSA) is 68.5 Å². The third kappa shape index (κ3) is 4.52. The van der Waals surface area contributed by atoms with E-state index in [1.54, 1.807) is 0 Å². The Labute approximate surface area is 101 Å². The maximum atomic E-state index is 11.0. The molecule has 0 saturated heterocycles. The van der Waals surface area contributed by atoms with Crippen LogP contribution in [-0.2, 0) is 22.5 Å². The summed E-state index contributed by atoms with van der Waals surface area (Å²) in [5.74, 6) is 1.10. The predicted molar refractivity (Wildman–Crippen MR) is 61.3 cm³/mol. The minimum absolute atomic E-state index is 0.203. The molecule has 6 nitrogen and oxygen atoms in total. The number of carbonyl (C=O) groups excluding carboxylic acids is 1. The molecule has 1 aromatic rings. The Hall–Kier alpha value is -1.43. The number of hydrogen-bond acceptors (Lipinski definition) is 6. The summed E-state index contributed by atoms with van der Waals surface area (Å²) in [5, 5.41) is 3.88. The zero-order valence-corrected chi connectivity index (χ0v) is 10.6. The summed E-state index contributed by atoms with van der Waals surface area (Å²) >= 11 is 0. The van der Waals surface area contributed by atoms with Gasteiger partial charge in [-0.3, -0.25) is 9.69 Å². The van der Waals surface area contributed by atoms with Gasteiger partial charge >= 0.3 is 5.97 Å². The molecule has 0 aliphatic heterocycles. The molecular formula is C11H19N3O3. The molecule has 0 saturated carbocycles. The Bertz CT molecular complexity index is 351. The summed E-state index contributed by atoms with van der Waals surface area (Å²) in [7, 11) is 1.39. The monoisotopic (exact) mass is 241 g/mol. The third-order valence-corrected chi connectivity index (χ3v) is 2.48. The number of aromatic nitrogens is 2. The van der Waals surface area contributed by atoms with E-state index in [0.29, 0.717) is 31.2 Å². The first-order chi connectivity index (χ1) is 8.19. The largest absolute Gasteiger partial charge is 0.469 e. The van der Waals surface area contributed by atoms with Gasteiger partial charge in [-0.05, 0) is 6.54 Å². The van der Waals surface area contributed by atoms with Crippen molar-refractivity contribution in [2.45, 2.75) is 33.2 Å². The highest BCUT2D eigenvalue weighted by atomic mass is 16.5. The van der Waals surface area contributed by atoms with Gasteiger partial charge in [-0.15, -0.1) is 0 Å². The minimum atomic E-state index is -0.203. The van der Waals surface area contributed by atoms with E-state index < -0.39 is 0 Å². The maximum Gasteiger partial charge on any atom is 0.306 e. The van der Waals surface area contributed by atoms with Crippen LogP contribution in [0.3, 0.4) is 0 Å². The van der Waals surface area contributed by atoms with Crippen LogP contribution >= 0.6 is 0 Å². The second-order valence-corrected chi connectivity index (χ2v) is 3.65. The Morgan fingerprint density at radius 3 is 2.76 bits per heavy atom. The molecule has 1 heterocycles. The second kappa shape index (κ2) is 7.01. The Kier molecular flexibility index (Phi) is 5.62. The molecule has 1 aromatic heterocycles. The Balaban J connectivity index is 2.43. The Morgan fingerprint density at radius 2 is 2.24 bits per heavy atom. The number of aryl methyl sites for hydroxylation is 1. The third-order valence-electron chi connectivity index (χ3n) is 2.48. The van der Waals surface area contributed by atoms with Crippen molar-refractivity contribution in [2.24, 2.45) is 0 Å². The van der Waals surface area contributed by atoms with Crippen LogP contribution in [0.15, 0.2) is 4.52 Å².